The van der Waals surface area contributed by atoms with Crippen molar-refractivity contribution in [2.24, 2.45) is 7.05 Å². The number of carbonyl (C=O) groups is 1. The molecule has 36 heavy (non-hydrogen) atoms. The highest BCUT2D eigenvalue weighted by Crippen LogP contribution is 2.35. The lowest BCUT2D eigenvalue weighted by Crippen LogP contribution is -2.51. The van der Waals surface area contributed by atoms with Crippen molar-refractivity contribution in [3.05, 3.63) is 33.6 Å². The lowest BCUT2D eigenvalue weighted by Gasteiger charge is -2.34. The van der Waals surface area contributed by atoms with E-state index in [1.165, 1.54) is 16.8 Å². The molecule has 4 heterocycles. The van der Waals surface area contributed by atoms with Gasteiger partial charge in [0.2, 0.25) is 11.7 Å². The molecular formula is C21H21BrClF2N5O5S. The summed E-state index contributed by atoms with van der Waals surface area (Å²) in [5.74, 6) is -0.595. The number of carbonyl (C=O) groups excluding carboxylic acids is 1. The van der Waals surface area contributed by atoms with Gasteiger partial charge in [-0.15, -0.1) is 0 Å². The lowest BCUT2D eigenvalue weighted by molar-refractivity contribution is 0.0803. The predicted molar refractivity (Wildman–Crippen MR) is 131 cm³/mol. The number of aromatic nitrogens is 4. The number of nitrogens with one attached hydrogen (secondary N) is 1. The first kappa shape index (κ1) is 26.5. The van der Waals surface area contributed by atoms with E-state index >= 15 is 0 Å². The number of aryl methyl sites for hydroxylation is 1. The molecule has 194 valence electrons. The van der Waals surface area contributed by atoms with E-state index in [0.29, 0.717) is 28.5 Å². The first-order chi connectivity index (χ1) is 16.9. The Hall–Kier alpha value is -2.58. The van der Waals surface area contributed by atoms with Crippen molar-refractivity contribution in [3.63, 3.8) is 0 Å². The van der Waals surface area contributed by atoms with E-state index in [4.69, 9.17) is 21.1 Å². The largest absolute Gasteiger partial charge is 0.482 e. The summed E-state index contributed by atoms with van der Waals surface area (Å²) in [7, 11) is -1.49. The molecule has 15 heteroatoms. The minimum absolute atomic E-state index is 0.00325. The Balaban J connectivity index is 1.60. The van der Waals surface area contributed by atoms with Crippen molar-refractivity contribution < 1.29 is 31.5 Å². The smallest absolute Gasteiger partial charge is 0.287 e. The van der Waals surface area contributed by atoms with Crippen LogP contribution in [0.3, 0.4) is 0 Å². The molecule has 0 aliphatic carbocycles. The minimum Gasteiger partial charge on any atom is -0.482 e. The molecule has 1 saturated heterocycles. The van der Waals surface area contributed by atoms with Crippen LogP contribution in [-0.4, -0.2) is 63.9 Å². The molecule has 1 amide bonds. The molecular weight excluding hydrogens is 588 g/mol. The third-order valence-corrected chi connectivity index (χ3v) is 8.08. The molecule has 1 aliphatic rings. The monoisotopic (exact) mass is 607 g/mol. The van der Waals surface area contributed by atoms with Crippen molar-refractivity contribution in [3.8, 4) is 17.5 Å². The van der Waals surface area contributed by atoms with Gasteiger partial charge in [0.1, 0.15) is 22.0 Å². The summed E-state index contributed by atoms with van der Waals surface area (Å²) >= 11 is 9.24. The molecule has 0 unspecified atom stereocenters. The van der Waals surface area contributed by atoms with Crippen LogP contribution >= 0.6 is 27.5 Å². The van der Waals surface area contributed by atoms with Gasteiger partial charge in [0, 0.05) is 24.8 Å². The molecule has 0 bridgehead atoms. The van der Waals surface area contributed by atoms with E-state index in [9.17, 15) is 22.0 Å². The number of alkyl halides is 2. The average molecular weight is 609 g/mol. The van der Waals surface area contributed by atoms with E-state index in [1.807, 2.05) is 0 Å². The Kier molecular flexibility index (Phi) is 7.40. The van der Waals surface area contributed by atoms with Gasteiger partial charge in [-0.3, -0.25) is 4.79 Å². The molecule has 1 aliphatic heterocycles. The number of imidazole rings is 1. The highest BCUT2D eigenvalue weighted by molar-refractivity contribution is 9.10. The molecule has 0 spiro atoms. The summed E-state index contributed by atoms with van der Waals surface area (Å²) < 4.78 is 61.4. The summed E-state index contributed by atoms with van der Waals surface area (Å²) in [6, 6.07) is 2.88. The molecule has 10 nitrogen and oxygen atoms in total. The van der Waals surface area contributed by atoms with Gasteiger partial charge >= 0.3 is 0 Å². The second-order valence-corrected chi connectivity index (χ2v) is 12.1. The summed E-state index contributed by atoms with van der Waals surface area (Å²) in [4.78, 5) is 25.8. The molecule has 0 radical (unpaired) electrons. The van der Waals surface area contributed by atoms with Gasteiger partial charge in [-0.25, -0.2) is 27.2 Å². The van der Waals surface area contributed by atoms with Crippen LogP contribution in [0.15, 0.2) is 22.8 Å². The Morgan fingerprint density at radius 3 is 2.64 bits per heavy atom. The van der Waals surface area contributed by atoms with Crippen molar-refractivity contribution in [2.75, 3.05) is 18.1 Å². The van der Waals surface area contributed by atoms with Gasteiger partial charge in [0.25, 0.3) is 18.2 Å². The van der Waals surface area contributed by atoms with Crippen molar-refractivity contribution in [1.29, 1.82) is 0 Å². The molecule has 4 rings (SSSR count). The minimum atomic E-state index is -3.09. The maximum Gasteiger partial charge on any atom is 0.287 e. The van der Waals surface area contributed by atoms with Crippen LogP contribution in [0.2, 0.25) is 5.02 Å². The number of amides is 1. The summed E-state index contributed by atoms with van der Waals surface area (Å²) in [6.07, 6.45) is -0.840. The highest BCUT2D eigenvalue weighted by Gasteiger charge is 2.35. The third-order valence-electron chi connectivity index (χ3n) is 5.66. The van der Waals surface area contributed by atoms with E-state index in [-0.39, 0.29) is 39.9 Å². The standard InChI is InChI=1S/C21H21BrClF2N5O5S/c1-21(3-5-36(32,33)6-4-21)29-18(31)17-27-13-8-12(22)19(28-16(13)30(17)2)35-20-14(34-10-15(24)25)7-11(23)9-26-20/h7-9,15H,3-6,10H2,1-2H3,(H,29,31). The van der Waals surface area contributed by atoms with E-state index in [2.05, 4.69) is 36.2 Å². The summed E-state index contributed by atoms with van der Waals surface area (Å²) in [6.45, 7) is 0.924. The second kappa shape index (κ2) is 10.1. The van der Waals surface area contributed by atoms with Gasteiger partial charge < -0.3 is 19.4 Å². The maximum absolute atomic E-state index is 13.0. The van der Waals surface area contributed by atoms with Gasteiger partial charge in [0.15, 0.2) is 11.4 Å². The second-order valence-electron chi connectivity index (χ2n) is 8.54. The van der Waals surface area contributed by atoms with E-state index in [0.717, 1.165) is 0 Å². The molecule has 0 aromatic carbocycles. The molecule has 0 saturated carbocycles. The summed E-state index contributed by atoms with van der Waals surface area (Å²) in [5, 5.41) is 3.07. The number of ether oxygens (including phenoxy) is 2. The zero-order chi connectivity index (χ0) is 26.3. The van der Waals surface area contributed by atoms with Gasteiger partial charge in [0.05, 0.1) is 21.0 Å². The topological polar surface area (TPSA) is 125 Å². The van der Waals surface area contributed by atoms with Crippen molar-refractivity contribution >= 4 is 54.4 Å². The predicted octanol–water partition coefficient (Wildman–Crippen LogP) is 3.91. The number of sulfone groups is 1. The fourth-order valence-electron chi connectivity index (χ4n) is 3.62. The average Bonchev–Trinajstić information content (AvgIpc) is 3.12. The van der Waals surface area contributed by atoms with E-state index in [1.54, 1.807) is 20.0 Å². The van der Waals surface area contributed by atoms with E-state index < -0.39 is 34.3 Å². The van der Waals surface area contributed by atoms with Crippen LogP contribution in [0, 0.1) is 0 Å². The van der Waals surface area contributed by atoms with Crippen LogP contribution in [-0.2, 0) is 16.9 Å². The third kappa shape index (κ3) is 5.86. The number of pyridine rings is 2. The van der Waals surface area contributed by atoms with Crippen LogP contribution in [0.4, 0.5) is 8.78 Å². The van der Waals surface area contributed by atoms with Crippen LogP contribution in [0.5, 0.6) is 17.5 Å². The number of rotatable bonds is 7. The van der Waals surface area contributed by atoms with Gasteiger partial charge in [-0.1, -0.05) is 11.6 Å². The normalized spacial score (nSPS) is 16.8. The number of nitrogens with zero attached hydrogens (tertiary/aromatic N) is 4. The molecule has 1 N–H and O–H groups in total. The summed E-state index contributed by atoms with van der Waals surface area (Å²) in [5.41, 5.74) is 0.00719. The Labute approximate surface area is 218 Å². The number of halogens is 4. The Morgan fingerprint density at radius 2 is 1.97 bits per heavy atom. The van der Waals surface area contributed by atoms with Crippen molar-refractivity contribution in [1.82, 2.24) is 24.8 Å². The highest BCUT2D eigenvalue weighted by atomic mass is 79.9. The maximum atomic E-state index is 13.0. The first-order valence-corrected chi connectivity index (χ1v) is 13.7. The Morgan fingerprint density at radius 1 is 1.28 bits per heavy atom. The molecule has 3 aromatic rings. The molecule has 1 fully saturated rings. The number of hydrogen-bond acceptors (Lipinski definition) is 8. The Bertz CT molecular complexity index is 1420. The first-order valence-electron chi connectivity index (χ1n) is 10.7. The van der Waals surface area contributed by atoms with Gasteiger partial charge in [-0.05, 0) is 41.8 Å². The fraction of sp³-hybridized carbons (Fsp3) is 0.429. The van der Waals surface area contributed by atoms with Crippen molar-refractivity contribution in [2.45, 2.75) is 31.7 Å². The van der Waals surface area contributed by atoms with Crippen LogP contribution in [0.25, 0.3) is 11.2 Å². The fourth-order valence-corrected chi connectivity index (χ4v) is 5.88. The zero-order valence-corrected chi connectivity index (χ0v) is 22.3. The van der Waals surface area contributed by atoms with Crippen LogP contribution < -0.4 is 14.8 Å². The van der Waals surface area contributed by atoms with Gasteiger partial charge in [-0.2, -0.15) is 4.98 Å². The molecule has 3 aromatic heterocycles. The quantitative estimate of drug-likeness (QED) is 0.428. The lowest BCUT2D eigenvalue weighted by atomic mass is 9.95. The number of hydrogen-bond donors (Lipinski definition) is 1. The van der Waals surface area contributed by atoms with Crippen LogP contribution in [0.1, 0.15) is 30.4 Å². The zero-order valence-electron chi connectivity index (χ0n) is 19.1. The number of fused-ring (bicyclic) bond motifs is 1. The SMILES string of the molecule is Cn1c(C(=O)NC2(C)CCS(=O)(=O)CC2)nc2cc(Br)c(Oc3ncc(Cl)cc3OCC(F)F)nc21. The molecule has 0 atom stereocenters.